The van der Waals surface area contributed by atoms with Crippen molar-refractivity contribution < 1.29 is 14.7 Å². The monoisotopic (exact) mass is 286 g/mol. The smallest absolute Gasteiger partial charge is 0.170 e. The van der Waals surface area contributed by atoms with Crippen LogP contribution in [0.3, 0.4) is 0 Å². The van der Waals surface area contributed by atoms with Gasteiger partial charge in [-0.2, -0.15) is 0 Å². The molecule has 0 aliphatic carbocycles. The lowest BCUT2D eigenvalue weighted by Crippen LogP contribution is -2.26. The van der Waals surface area contributed by atoms with Gasteiger partial charge in [0.1, 0.15) is 11.9 Å². The Hall–Kier alpha value is -2.27. The Labute approximate surface area is 123 Å². The summed E-state index contributed by atoms with van der Waals surface area (Å²) < 4.78 is 11.5. The van der Waals surface area contributed by atoms with E-state index in [-0.39, 0.29) is 11.9 Å². The molecule has 1 aliphatic rings. The Kier molecular flexibility index (Phi) is 3.92. The molecule has 21 heavy (non-hydrogen) atoms. The molecular weight excluding hydrogens is 268 g/mol. The molecule has 0 aromatic heterocycles. The molecule has 1 heterocycles. The van der Waals surface area contributed by atoms with E-state index in [9.17, 15) is 0 Å². The summed E-state index contributed by atoms with van der Waals surface area (Å²) in [6, 6.07) is 11.5. The lowest BCUT2D eigenvalue weighted by atomic mass is 10.0. The normalized spacial score (nSPS) is 17.0. The number of amidine groups is 1. The van der Waals surface area contributed by atoms with Crippen LogP contribution in [0.5, 0.6) is 5.75 Å². The van der Waals surface area contributed by atoms with Crippen molar-refractivity contribution in [1.82, 2.24) is 0 Å². The third kappa shape index (κ3) is 2.78. The summed E-state index contributed by atoms with van der Waals surface area (Å²) in [6.07, 6.45) is 1.98. The fraction of sp³-hybridized carbons (Fsp3) is 0.312. The van der Waals surface area contributed by atoms with Crippen LogP contribution in [0.1, 0.15) is 18.4 Å². The minimum Gasteiger partial charge on any atom is -0.490 e. The fourth-order valence-electron chi connectivity index (χ4n) is 2.62. The Morgan fingerprint density at radius 1 is 1.14 bits per heavy atom. The number of nitrogens with zero attached hydrogens (tertiary/aromatic N) is 1. The fourth-order valence-corrected chi connectivity index (χ4v) is 2.62. The molecule has 2 aromatic carbocycles. The Morgan fingerprint density at radius 3 is 2.57 bits per heavy atom. The molecule has 5 nitrogen and oxygen atoms in total. The number of ether oxygens (including phenoxy) is 2. The zero-order valence-electron chi connectivity index (χ0n) is 11.7. The van der Waals surface area contributed by atoms with Crippen LogP contribution in [-0.4, -0.2) is 30.4 Å². The van der Waals surface area contributed by atoms with Gasteiger partial charge < -0.3 is 20.4 Å². The third-order valence-electron chi connectivity index (χ3n) is 3.73. The van der Waals surface area contributed by atoms with Crippen molar-refractivity contribution in [2.75, 3.05) is 13.2 Å². The molecule has 1 aliphatic heterocycles. The van der Waals surface area contributed by atoms with Crippen LogP contribution in [0, 0.1) is 0 Å². The molecule has 1 saturated heterocycles. The van der Waals surface area contributed by atoms with E-state index in [1.807, 2.05) is 36.4 Å². The molecule has 0 radical (unpaired) electrons. The number of fused-ring (bicyclic) bond motifs is 1. The maximum atomic E-state index is 8.90. The highest BCUT2D eigenvalue weighted by molar-refractivity contribution is 6.10. The highest BCUT2D eigenvalue weighted by Crippen LogP contribution is 2.30. The van der Waals surface area contributed by atoms with Crippen LogP contribution in [0.25, 0.3) is 10.8 Å². The van der Waals surface area contributed by atoms with Crippen molar-refractivity contribution in [3.05, 3.63) is 42.0 Å². The minimum atomic E-state index is 0.101. The molecule has 2 aromatic rings. The summed E-state index contributed by atoms with van der Waals surface area (Å²) in [6.45, 7) is 1.48. The van der Waals surface area contributed by atoms with Gasteiger partial charge in [0.05, 0.1) is 13.2 Å². The van der Waals surface area contributed by atoms with Gasteiger partial charge in [0.25, 0.3) is 0 Å². The lowest BCUT2D eigenvalue weighted by molar-refractivity contribution is 0.0262. The van der Waals surface area contributed by atoms with Gasteiger partial charge in [0.15, 0.2) is 5.84 Å². The van der Waals surface area contributed by atoms with Gasteiger partial charge >= 0.3 is 0 Å². The highest BCUT2D eigenvalue weighted by atomic mass is 16.5. The van der Waals surface area contributed by atoms with Crippen LogP contribution >= 0.6 is 0 Å². The molecule has 0 spiro atoms. The average Bonchev–Trinajstić information content (AvgIpc) is 2.55. The molecular formula is C16H18N2O3. The topological polar surface area (TPSA) is 77.1 Å². The number of nitrogens with two attached hydrogens (primary N) is 1. The predicted molar refractivity (Wildman–Crippen MR) is 80.9 cm³/mol. The number of oxime groups is 1. The molecule has 0 amide bonds. The van der Waals surface area contributed by atoms with E-state index in [0.717, 1.165) is 42.6 Å². The largest absolute Gasteiger partial charge is 0.490 e. The lowest BCUT2D eigenvalue weighted by Gasteiger charge is -2.24. The van der Waals surface area contributed by atoms with Crippen molar-refractivity contribution in [1.29, 1.82) is 0 Å². The van der Waals surface area contributed by atoms with Crippen molar-refractivity contribution in [2.24, 2.45) is 10.9 Å². The van der Waals surface area contributed by atoms with E-state index < -0.39 is 0 Å². The molecule has 1 fully saturated rings. The van der Waals surface area contributed by atoms with Gasteiger partial charge in [-0.3, -0.25) is 0 Å². The highest BCUT2D eigenvalue weighted by Gasteiger charge is 2.17. The summed E-state index contributed by atoms with van der Waals surface area (Å²) in [5.74, 6) is 0.927. The summed E-state index contributed by atoms with van der Waals surface area (Å²) in [4.78, 5) is 0. The molecule has 0 atom stereocenters. The summed E-state index contributed by atoms with van der Waals surface area (Å²) >= 11 is 0. The second kappa shape index (κ2) is 6.01. The van der Waals surface area contributed by atoms with Gasteiger partial charge in [-0.1, -0.05) is 29.4 Å². The first-order valence-electron chi connectivity index (χ1n) is 7.03. The van der Waals surface area contributed by atoms with E-state index in [1.54, 1.807) is 0 Å². The van der Waals surface area contributed by atoms with E-state index in [0.29, 0.717) is 5.56 Å². The van der Waals surface area contributed by atoms with Crippen molar-refractivity contribution >= 4 is 16.6 Å². The molecule has 0 saturated carbocycles. The Bertz CT molecular complexity index is 664. The van der Waals surface area contributed by atoms with Gasteiger partial charge in [-0.15, -0.1) is 0 Å². The van der Waals surface area contributed by atoms with Crippen LogP contribution in [0.2, 0.25) is 0 Å². The standard InChI is InChI=1S/C16H18N2O3/c17-16(18-19)14-5-6-15(13-4-2-1-3-12(13)14)21-11-7-9-20-10-8-11/h1-6,11,19H,7-10H2,(H2,17,18). The van der Waals surface area contributed by atoms with Gasteiger partial charge in [-0.05, 0) is 17.5 Å². The molecule has 110 valence electrons. The minimum absolute atomic E-state index is 0.101. The first kappa shape index (κ1) is 13.7. The van der Waals surface area contributed by atoms with Crippen molar-refractivity contribution in [3.63, 3.8) is 0 Å². The predicted octanol–water partition coefficient (Wildman–Crippen LogP) is 2.49. The Morgan fingerprint density at radius 2 is 1.86 bits per heavy atom. The summed E-state index contributed by atoms with van der Waals surface area (Å²) in [5.41, 5.74) is 6.44. The molecule has 0 unspecified atom stereocenters. The number of benzene rings is 2. The summed E-state index contributed by atoms with van der Waals surface area (Å²) in [5, 5.41) is 13.9. The first-order valence-corrected chi connectivity index (χ1v) is 7.03. The van der Waals surface area contributed by atoms with Gasteiger partial charge in [0, 0.05) is 23.8 Å². The quantitative estimate of drug-likeness (QED) is 0.393. The van der Waals surface area contributed by atoms with Crippen LogP contribution < -0.4 is 10.5 Å². The zero-order chi connectivity index (χ0) is 14.7. The van der Waals surface area contributed by atoms with Crippen LogP contribution in [-0.2, 0) is 4.74 Å². The number of rotatable bonds is 3. The van der Waals surface area contributed by atoms with Crippen LogP contribution in [0.15, 0.2) is 41.6 Å². The van der Waals surface area contributed by atoms with E-state index in [1.165, 1.54) is 0 Å². The van der Waals surface area contributed by atoms with E-state index in [4.69, 9.17) is 20.4 Å². The number of hydrogen-bond donors (Lipinski definition) is 2. The third-order valence-corrected chi connectivity index (χ3v) is 3.73. The van der Waals surface area contributed by atoms with E-state index >= 15 is 0 Å². The van der Waals surface area contributed by atoms with Gasteiger partial charge in [0.2, 0.25) is 0 Å². The zero-order valence-corrected chi connectivity index (χ0v) is 11.7. The SMILES string of the molecule is N/C(=N/O)c1ccc(OC2CCOCC2)c2ccccc12. The molecule has 3 rings (SSSR count). The average molecular weight is 286 g/mol. The second-order valence-electron chi connectivity index (χ2n) is 5.07. The van der Waals surface area contributed by atoms with E-state index in [2.05, 4.69) is 5.16 Å². The second-order valence-corrected chi connectivity index (χ2v) is 5.07. The molecule has 5 heteroatoms. The van der Waals surface area contributed by atoms with Crippen LogP contribution in [0.4, 0.5) is 0 Å². The maximum Gasteiger partial charge on any atom is 0.170 e. The van der Waals surface area contributed by atoms with Crippen molar-refractivity contribution in [2.45, 2.75) is 18.9 Å². The molecule has 3 N–H and O–H groups in total. The molecule has 0 bridgehead atoms. The van der Waals surface area contributed by atoms with Crippen molar-refractivity contribution in [3.8, 4) is 5.75 Å². The summed E-state index contributed by atoms with van der Waals surface area (Å²) in [7, 11) is 0. The Balaban J connectivity index is 2.00. The number of hydrogen-bond acceptors (Lipinski definition) is 4. The maximum absolute atomic E-state index is 8.90. The first-order chi connectivity index (χ1) is 10.3. The van der Waals surface area contributed by atoms with Gasteiger partial charge in [-0.25, -0.2) is 0 Å².